The first-order chi connectivity index (χ1) is 9.60. The Bertz CT molecular complexity index is 593. The van der Waals surface area contributed by atoms with Gasteiger partial charge in [-0.2, -0.15) is 0 Å². The lowest BCUT2D eigenvalue weighted by molar-refractivity contribution is 0.462. The van der Waals surface area contributed by atoms with E-state index in [4.69, 9.17) is 0 Å². The number of thiophene rings is 1. The number of aliphatic imine (C=N–C) groups is 1. The van der Waals surface area contributed by atoms with Gasteiger partial charge in [0.25, 0.3) is 0 Å². The normalized spacial score (nSPS) is 11.1. The van der Waals surface area contributed by atoms with Crippen LogP contribution in [0.15, 0.2) is 39.2 Å². The molecule has 2 rings (SSSR count). The first kappa shape index (κ1) is 18.5. The molecule has 0 aliphatic heterocycles. The predicted molar refractivity (Wildman–Crippen MR) is 105 cm³/mol. The number of halogens is 2. The van der Waals surface area contributed by atoms with E-state index >= 15 is 0 Å². The van der Waals surface area contributed by atoms with Crippen molar-refractivity contribution in [1.29, 1.82) is 0 Å². The SMILES string of the molecule is CN=C(NCc1cc(Br)cs1)N(C)Cc1cccn1C.I. The molecule has 0 radical (unpaired) electrons. The fraction of sp³-hybridized carbons (Fsp3) is 0.357. The average molecular weight is 483 g/mol. The van der Waals surface area contributed by atoms with E-state index < -0.39 is 0 Å². The van der Waals surface area contributed by atoms with Gasteiger partial charge in [0.1, 0.15) is 0 Å². The number of aromatic nitrogens is 1. The Labute approximate surface area is 155 Å². The van der Waals surface area contributed by atoms with E-state index in [2.05, 4.69) is 72.5 Å². The molecule has 2 aromatic heterocycles. The molecule has 0 aliphatic carbocycles. The van der Waals surface area contributed by atoms with Crippen LogP contribution in [0.1, 0.15) is 10.6 Å². The van der Waals surface area contributed by atoms with E-state index in [0.29, 0.717) is 0 Å². The van der Waals surface area contributed by atoms with Crippen LogP contribution in [0.25, 0.3) is 0 Å². The standard InChI is InChI=1S/C14H19BrN4S.HI/c1-16-14(17-8-13-7-11(15)10-20-13)19(3)9-12-5-4-6-18(12)2;/h4-7,10H,8-9H2,1-3H3,(H,16,17);1H. The zero-order chi connectivity index (χ0) is 14.5. The number of rotatable bonds is 4. The number of aryl methyl sites for hydroxylation is 1. The summed E-state index contributed by atoms with van der Waals surface area (Å²) in [6.07, 6.45) is 2.06. The van der Waals surface area contributed by atoms with Crippen LogP contribution in [0.4, 0.5) is 0 Å². The van der Waals surface area contributed by atoms with Crippen LogP contribution in [0.3, 0.4) is 0 Å². The van der Waals surface area contributed by atoms with Crippen molar-refractivity contribution in [3.63, 3.8) is 0 Å². The summed E-state index contributed by atoms with van der Waals surface area (Å²) in [6.45, 7) is 1.62. The molecular formula is C14H20BrIN4S. The first-order valence-electron chi connectivity index (χ1n) is 6.35. The Kier molecular flexibility index (Phi) is 7.75. The maximum atomic E-state index is 4.34. The second-order valence-electron chi connectivity index (χ2n) is 4.60. The quantitative estimate of drug-likeness (QED) is 0.409. The van der Waals surface area contributed by atoms with Gasteiger partial charge >= 0.3 is 0 Å². The predicted octanol–water partition coefficient (Wildman–Crippen LogP) is 3.67. The maximum absolute atomic E-state index is 4.34. The van der Waals surface area contributed by atoms with Gasteiger partial charge in [0.2, 0.25) is 0 Å². The summed E-state index contributed by atoms with van der Waals surface area (Å²) < 4.78 is 3.26. The van der Waals surface area contributed by atoms with Gasteiger partial charge in [0, 0.05) is 47.8 Å². The van der Waals surface area contributed by atoms with Gasteiger partial charge in [0.05, 0.1) is 13.1 Å². The van der Waals surface area contributed by atoms with Gasteiger partial charge in [-0.15, -0.1) is 35.3 Å². The van der Waals surface area contributed by atoms with Crippen molar-refractivity contribution in [1.82, 2.24) is 14.8 Å². The van der Waals surface area contributed by atoms with Crippen LogP contribution >= 0.6 is 51.2 Å². The summed E-state index contributed by atoms with van der Waals surface area (Å²) in [7, 11) is 5.92. The monoisotopic (exact) mass is 482 g/mol. The molecule has 0 spiro atoms. The van der Waals surface area contributed by atoms with Gasteiger partial charge in [-0.25, -0.2) is 0 Å². The minimum Gasteiger partial charge on any atom is -0.353 e. The molecule has 2 aromatic rings. The van der Waals surface area contributed by atoms with Crippen molar-refractivity contribution in [2.45, 2.75) is 13.1 Å². The van der Waals surface area contributed by atoms with Crippen molar-refractivity contribution in [3.05, 3.63) is 44.8 Å². The second-order valence-corrected chi connectivity index (χ2v) is 6.51. The van der Waals surface area contributed by atoms with Crippen molar-refractivity contribution in [2.24, 2.45) is 12.0 Å². The Balaban J connectivity index is 0.00000220. The minimum absolute atomic E-state index is 0. The molecule has 0 saturated heterocycles. The van der Waals surface area contributed by atoms with Crippen LogP contribution < -0.4 is 5.32 Å². The minimum atomic E-state index is 0. The zero-order valence-corrected chi connectivity index (χ0v) is 17.1. The molecule has 2 heterocycles. The van der Waals surface area contributed by atoms with E-state index in [-0.39, 0.29) is 24.0 Å². The number of hydrogen-bond acceptors (Lipinski definition) is 2. The average Bonchev–Trinajstić information content (AvgIpc) is 3.00. The molecule has 0 fully saturated rings. The lowest BCUT2D eigenvalue weighted by Gasteiger charge is -2.22. The molecule has 1 N–H and O–H groups in total. The highest BCUT2D eigenvalue weighted by molar-refractivity contribution is 14.0. The van der Waals surface area contributed by atoms with Gasteiger partial charge in [0.15, 0.2) is 5.96 Å². The van der Waals surface area contributed by atoms with Crippen LogP contribution in [-0.4, -0.2) is 29.5 Å². The maximum Gasteiger partial charge on any atom is 0.194 e. The van der Waals surface area contributed by atoms with Gasteiger partial charge < -0.3 is 14.8 Å². The van der Waals surface area contributed by atoms with Crippen LogP contribution in [0.5, 0.6) is 0 Å². The zero-order valence-electron chi connectivity index (χ0n) is 12.3. The van der Waals surface area contributed by atoms with Crippen LogP contribution in [0, 0.1) is 0 Å². The molecule has 0 amide bonds. The highest BCUT2D eigenvalue weighted by Crippen LogP contribution is 2.19. The molecule has 0 atom stereocenters. The third-order valence-electron chi connectivity index (χ3n) is 3.07. The lowest BCUT2D eigenvalue weighted by Crippen LogP contribution is -2.38. The highest BCUT2D eigenvalue weighted by atomic mass is 127. The molecule has 0 aromatic carbocycles. The van der Waals surface area contributed by atoms with Crippen molar-refractivity contribution < 1.29 is 0 Å². The summed E-state index contributed by atoms with van der Waals surface area (Å²) >= 11 is 5.21. The summed E-state index contributed by atoms with van der Waals surface area (Å²) in [5, 5.41) is 5.48. The summed E-state index contributed by atoms with van der Waals surface area (Å²) in [5.74, 6) is 0.899. The topological polar surface area (TPSA) is 32.6 Å². The van der Waals surface area contributed by atoms with E-state index in [9.17, 15) is 0 Å². The third-order valence-corrected chi connectivity index (χ3v) is 4.76. The lowest BCUT2D eigenvalue weighted by atomic mass is 10.4. The first-order valence-corrected chi connectivity index (χ1v) is 8.02. The molecular weight excluding hydrogens is 463 g/mol. The van der Waals surface area contributed by atoms with Gasteiger partial charge in [-0.05, 0) is 34.1 Å². The molecule has 4 nitrogen and oxygen atoms in total. The van der Waals surface area contributed by atoms with Crippen LogP contribution in [-0.2, 0) is 20.1 Å². The number of nitrogens with one attached hydrogen (secondary N) is 1. The van der Waals surface area contributed by atoms with E-state index in [0.717, 1.165) is 23.5 Å². The van der Waals surface area contributed by atoms with Gasteiger partial charge in [-0.3, -0.25) is 4.99 Å². The molecule has 0 saturated carbocycles. The number of guanidine groups is 1. The molecule has 7 heteroatoms. The molecule has 21 heavy (non-hydrogen) atoms. The van der Waals surface area contributed by atoms with E-state index in [1.165, 1.54) is 10.6 Å². The summed E-state index contributed by atoms with van der Waals surface area (Å²) in [4.78, 5) is 7.74. The summed E-state index contributed by atoms with van der Waals surface area (Å²) in [6, 6.07) is 6.31. The number of nitrogens with zero attached hydrogens (tertiary/aromatic N) is 3. The third kappa shape index (κ3) is 5.30. The largest absolute Gasteiger partial charge is 0.353 e. The second kappa shape index (κ2) is 8.79. The molecule has 0 aliphatic rings. The molecule has 0 bridgehead atoms. The fourth-order valence-corrected chi connectivity index (χ4v) is 3.37. The smallest absolute Gasteiger partial charge is 0.194 e. The van der Waals surface area contributed by atoms with Gasteiger partial charge in [-0.1, -0.05) is 0 Å². The van der Waals surface area contributed by atoms with E-state index in [1.54, 1.807) is 11.3 Å². The molecule has 116 valence electrons. The van der Waals surface area contributed by atoms with Crippen molar-refractivity contribution in [2.75, 3.05) is 14.1 Å². The highest BCUT2D eigenvalue weighted by Gasteiger charge is 2.08. The van der Waals surface area contributed by atoms with Crippen molar-refractivity contribution >= 4 is 57.2 Å². The van der Waals surface area contributed by atoms with Crippen molar-refractivity contribution in [3.8, 4) is 0 Å². The number of hydrogen-bond donors (Lipinski definition) is 1. The Morgan fingerprint density at radius 1 is 1.52 bits per heavy atom. The van der Waals surface area contributed by atoms with Crippen LogP contribution in [0.2, 0.25) is 0 Å². The molecule has 0 unspecified atom stereocenters. The Morgan fingerprint density at radius 2 is 2.29 bits per heavy atom. The fourth-order valence-electron chi connectivity index (χ4n) is 1.98. The Hall–Kier alpha value is -0.540. The summed E-state index contributed by atoms with van der Waals surface area (Å²) in [5.41, 5.74) is 1.26. The Morgan fingerprint density at radius 3 is 2.81 bits per heavy atom. The van der Waals surface area contributed by atoms with E-state index in [1.807, 2.05) is 14.1 Å².